The molecule has 0 N–H and O–H groups in total. The number of ether oxygens (including phenoxy) is 1. The van der Waals surface area contributed by atoms with E-state index in [9.17, 15) is 0 Å². The molecule has 0 amide bonds. The molecule has 1 heterocycles. The topological polar surface area (TPSA) is 34.7 Å². The third kappa shape index (κ3) is 4.13. The summed E-state index contributed by atoms with van der Waals surface area (Å²) in [5.74, 6) is 1.51. The molecule has 3 aromatic carbocycles. The summed E-state index contributed by atoms with van der Waals surface area (Å²) in [4.78, 5) is 4.85. The van der Waals surface area contributed by atoms with Crippen LogP contribution in [0.5, 0.6) is 5.75 Å². The molecule has 0 spiro atoms. The number of halogens is 2. The largest absolute Gasteiger partial charge is 0.494 e. The molecule has 0 fully saturated rings. The number of fused-ring (bicyclic) bond motifs is 1. The van der Waals surface area contributed by atoms with Crippen LogP contribution in [0.15, 0.2) is 86.7 Å². The Kier molecular flexibility index (Phi) is 5.51. The van der Waals surface area contributed by atoms with E-state index >= 15 is 0 Å². The SMILES string of the molecule is CCOc1ccc2oc(-c3ccc(Cl)cc3)cc(=Nc3ccc(Br)cc3)c2c1. The van der Waals surface area contributed by atoms with E-state index in [0.29, 0.717) is 11.6 Å². The van der Waals surface area contributed by atoms with Crippen molar-refractivity contribution in [3.05, 3.63) is 87.6 Å². The quantitative estimate of drug-likeness (QED) is 0.328. The first-order valence-corrected chi connectivity index (χ1v) is 10.1. The molecular formula is C23H17BrClNO2. The van der Waals surface area contributed by atoms with E-state index in [1.165, 1.54) is 0 Å². The van der Waals surface area contributed by atoms with Gasteiger partial charge in [-0.1, -0.05) is 27.5 Å². The zero-order valence-electron chi connectivity index (χ0n) is 15.2. The zero-order chi connectivity index (χ0) is 19.5. The Hall–Kier alpha value is -2.56. The number of hydrogen-bond acceptors (Lipinski definition) is 3. The molecule has 0 atom stereocenters. The lowest BCUT2D eigenvalue weighted by Crippen LogP contribution is -2.04. The monoisotopic (exact) mass is 453 g/mol. The number of nitrogens with zero attached hydrogens (tertiary/aromatic N) is 1. The molecule has 0 unspecified atom stereocenters. The highest BCUT2D eigenvalue weighted by atomic mass is 79.9. The third-order valence-corrected chi connectivity index (χ3v) is 5.01. The van der Waals surface area contributed by atoms with E-state index < -0.39 is 0 Å². The fraction of sp³-hybridized carbons (Fsp3) is 0.0870. The average molecular weight is 455 g/mol. The predicted molar refractivity (Wildman–Crippen MR) is 117 cm³/mol. The first kappa shape index (κ1) is 18.8. The maximum Gasteiger partial charge on any atom is 0.137 e. The van der Waals surface area contributed by atoms with Gasteiger partial charge in [-0.2, -0.15) is 0 Å². The molecule has 0 aliphatic heterocycles. The first-order valence-electron chi connectivity index (χ1n) is 8.89. The molecule has 1 aromatic heterocycles. The summed E-state index contributed by atoms with van der Waals surface area (Å²) in [7, 11) is 0. The van der Waals surface area contributed by atoms with Gasteiger partial charge in [0.25, 0.3) is 0 Å². The Bertz CT molecular complexity index is 1180. The second-order valence-electron chi connectivity index (χ2n) is 6.18. The zero-order valence-corrected chi connectivity index (χ0v) is 17.5. The van der Waals surface area contributed by atoms with Crippen LogP contribution >= 0.6 is 27.5 Å². The molecule has 5 heteroatoms. The van der Waals surface area contributed by atoms with Crippen LogP contribution in [0.25, 0.3) is 22.3 Å². The number of rotatable bonds is 4. The second kappa shape index (κ2) is 8.21. The summed E-state index contributed by atoms with van der Waals surface area (Å²) < 4.78 is 12.8. The summed E-state index contributed by atoms with van der Waals surface area (Å²) in [5.41, 5.74) is 2.54. The molecule has 28 heavy (non-hydrogen) atoms. The normalized spacial score (nSPS) is 11.8. The van der Waals surface area contributed by atoms with Crippen molar-refractivity contribution < 1.29 is 9.15 Å². The van der Waals surface area contributed by atoms with Crippen LogP contribution in [-0.2, 0) is 0 Å². The Morgan fingerprint density at radius 3 is 2.43 bits per heavy atom. The molecule has 0 aliphatic carbocycles. The average Bonchev–Trinajstić information content (AvgIpc) is 2.70. The van der Waals surface area contributed by atoms with Crippen LogP contribution in [0.4, 0.5) is 5.69 Å². The van der Waals surface area contributed by atoms with E-state index in [1.807, 2.05) is 79.7 Å². The van der Waals surface area contributed by atoms with Gasteiger partial charge in [-0.15, -0.1) is 0 Å². The summed E-state index contributed by atoms with van der Waals surface area (Å²) in [5, 5.41) is 2.40. The molecule has 3 nitrogen and oxygen atoms in total. The minimum Gasteiger partial charge on any atom is -0.494 e. The van der Waals surface area contributed by atoms with Crippen LogP contribution in [0, 0.1) is 0 Å². The summed E-state index contributed by atoms with van der Waals surface area (Å²) in [6, 6.07) is 23.2. The molecule has 140 valence electrons. The van der Waals surface area contributed by atoms with Crippen molar-refractivity contribution >= 4 is 44.2 Å². The predicted octanol–water partition coefficient (Wildman–Crippen LogP) is 7.15. The molecule has 0 saturated carbocycles. The summed E-state index contributed by atoms with van der Waals surface area (Å²) in [6.45, 7) is 2.57. The maximum atomic E-state index is 6.15. The highest BCUT2D eigenvalue weighted by Crippen LogP contribution is 2.26. The van der Waals surface area contributed by atoms with Gasteiger partial charge in [0.15, 0.2) is 0 Å². The summed E-state index contributed by atoms with van der Waals surface area (Å²) in [6.07, 6.45) is 0. The molecule has 0 radical (unpaired) electrons. The van der Waals surface area contributed by atoms with Gasteiger partial charge < -0.3 is 9.15 Å². The van der Waals surface area contributed by atoms with Gasteiger partial charge in [-0.05, 0) is 73.7 Å². The Morgan fingerprint density at radius 1 is 0.964 bits per heavy atom. The van der Waals surface area contributed by atoms with Crippen molar-refractivity contribution in [1.29, 1.82) is 0 Å². The van der Waals surface area contributed by atoms with Gasteiger partial charge in [0.2, 0.25) is 0 Å². The first-order chi connectivity index (χ1) is 13.6. The molecule has 0 saturated heterocycles. The Balaban J connectivity index is 1.95. The van der Waals surface area contributed by atoms with E-state index in [-0.39, 0.29) is 0 Å². The molecule has 0 aliphatic rings. The minimum absolute atomic E-state index is 0.602. The van der Waals surface area contributed by atoms with Gasteiger partial charge >= 0.3 is 0 Å². The molecule has 0 bridgehead atoms. The molecule has 4 aromatic rings. The lowest BCUT2D eigenvalue weighted by molar-refractivity contribution is 0.340. The third-order valence-electron chi connectivity index (χ3n) is 4.23. The van der Waals surface area contributed by atoms with E-state index in [2.05, 4.69) is 15.9 Å². The Labute approximate surface area is 176 Å². The lowest BCUT2D eigenvalue weighted by atomic mass is 10.1. The van der Waals surface area contributed by atoms with Gasteiger partial charge in [0, 0.05) is 26.5 Å². The number of benzene rings is 3. The highest BCUT2D eigenvalue weighted by molar-refractivity contribution is 9.10. The van der Waals surface area contributed by atoms with Crippen LogP contribution in [0.3, 0.4) is 0 Å². The van der Waals surface area contributed by atoms with Gasteiger partial charge in [0.1, 0.15) is 17.1 Å². The molecular weight excluding hydrogens is 438 g/mol. The van der Waals surface area contributed by atoms with Gasteiger partial charge in [-0.25, -0.2) is 4.99 Å². The van der Waals surface area contributed by atoms with Crippen molar-refractivity contribution in [1.82, 2.24) is 0 Å². The number of hydrogen-bond donors (Lipinski definition) is 0. The fourth-order valence-corrected chi connectivity index (χ4v) is 3.30. The van der Waals surface area contributed by atoms with Crippen LogP contribution in [0.2, 0.25) is 5.02 Å². The van der Waals surface area contributed by atoms with Crippen molar-refractivity contribution in [2.24, 2.45) is 4.99 Å². The van der Waals surface area contributed by atoms with E-state index in [1.54, 1.807) is 0 Å². The fourth-order valence-electron chi connectivity index (χ4n) is 2.91. The van der Waals surface area contributed by atoms with Crippen LogP contribution < -0.4 is 10.1 Å². The molecule has 4 rings (SSSR count). The minimum atomic E-state index is 0.602. The lowest BCUT2D eigenvalue weighted by Gasteiger charge is -2.08. The Morgan fingerprint density at radius 2 is 1.71 bits per heavy atom. The van der Waals surface area contributed by atoms with E-state index in [4.69, 9.17) is 25.7 Å². The smallest absolute Gasteiger partial charge is 0.137 e. The van der Waals surface area contributed by atoms with E-state index in [0.717, 1.165) is 43.6 Å². The van der Waals surface area contributed by atoms with Crippen LogP contribution in [-0.4, -0.2) is 6.61 Å². The second-order valence-corrected chi connectivity index (χ2v) is 7.53. The van der Waals surface area contributed by atoms with Crippen molar-refractivity contribution in [2.75, 3.05) is 6.61 Å². The van der Waals surface area contributed by atoms with Gasteiger partial charge in [-0.3, -0.25) is 0 Å². The highest BCUT2D eigenvalue weighted by Gasteiger charge is 2.08. The summed E-state index contributed by atoms with van der Waals surface area (Å²) >= 11 is 9.49. The standard InChI is InChI=1S/C23H17BrClNO2/c1-2-27-19-11-12-22-20(13-19)21(26-18-9-5-16(24)6-10-18)14-23(28-22)15-3-7-17(25)8-4-15/h3-14H,2H2,1H3. The van der Waals surface area contributed by atoms with Crippen molar-refractivity contribution in [2.45, 2.75) is 6.92 Å². The van der Waals surface area contributed by atoms with Gasteiger partial charge in [0.05, 0.1) is 17.7 Å². The van der Waals surface area contributed by atoms with Crippen molar-refractivity contribution in [3.63, 3.8) is 0 Å². The van der Waals surface area contributed by atoms with Crippen LogP contribution in [0.1, 0.15) is 6.92 Å². The van der Waals surface area contributed by atoms with Crippen molar-refractivity contribution in [3.8, 4) is 17.1 Å². The maximum absolute atomic E-state index is 6.15.